The predicted octanol–water partition coefficient (Wildman–Crippen LogP) is 3.89. The Hall–Kier alpha value is -1.20. The summed E-state index contributed by atoms with van der Waals surface area (Å²) in [5.74, 6) is 0.482. The number of nitrogens with one attached hydrogen (secondary N) is 1. The van der Waals surface area contributed by atoms with Gasteiger partial charge < -0.3 is 9.88 Å². The summed E-state index contributed by atoms with van der Waals surface area (Å²) >= 11 is 1.76. The van der Waals surface area contributed by atoms with E-state index in [4.69, 9.17) is 4.98 Å². The summed E-state index contributed by atoms with van der Waals surface area (Å²) in [5, 5.41) is 7.01. The molecule has 0 aromatic carbocycles. The Bertz CT molecular complexity index is 583. The Morgan fingerprint density at radius 3 is 2.86 bits per heavy atom. The van der Waals surface area contributed by atoms with Crippen molar-refractivity contribution in [1.82, 2.24) is 19.9 Å². The van der Waals surface area contributed by atoms with Gasteiger partial charge in [0.05, 0.1) is 23.9 Å². The molecule has 1 unspecified atom stereocenters. The Morgan fingerprint density at radius 2 is 2.24 bits per heavy atom. The van der Waals surface area contributed by atoms with Gasteiger partial charge in [-0.25, -0.2) is 9.97 Å². The molecule has 1 fully saturated rings. The van der Waals surface area contributed by atoms with Crippen LogP contribution in [0.1, 0.15) is 74.4 Å². The fraction of sp³-hybridized carbons (Fsp3) is 0.625. The van der Waals surface area contributed by atoms with Crippen LogP contribution in [0, 0.1) is 0 Å². The van der Waals surface area contributed by atoms with Crippen molar-refractivity contribution in [1.29, 1.82) is 0 Å². The van der Waals surface area contributed by atoms with Gasteiger partial charge >= 0.3 is 0 Å². The van der Waals surface area contributed by atoms with Gasteiger partial charge in [0.1, 0.15) is 11.0 Å². The van der Waals surface area contributed by atoms with Crippen molar-refractivity contribution in [3.05, 3.63) is 34.3 Å². The van der Waals surface area contributed by atoms with E-state index in [1.807, 2.05) is 12.5 Å². The van der Waals surface area contributed by atoms with Crippen LogP contribution >= 0.6 is 11.3 Å². The zero-order valence-electron chi connectivity index (χ0n) is 13.0. The van der Waals surface area contributed by atoms with Crippen LogP contribution in [0.15, 0.2) is 17.9 Å². The third-order valence-corrected chi connectivity index (χ3v) is 4.84. The lowest BCUT2D eigenvalue weighted by Crippen LogP contribution is -2.25. The molecule has 0 amide bonds. The maximum absolute atomic E-state index is 4.85. The van der Waals surface area contributed by atoms with E-state index in [9.17, 15) is 0 Å². The van der Waals surface area contributed by atoms with E-state index in [0.29, 0.717) is 12.0 Å². The average molecular weight is 304 g/mol. The van der Waals surface area contributed by atoms with E-state index in [1.165, 1.54) is 24.2 Å². The van der Waals surface area contributed by atoms with Crippen molar-refractivity contribution in [3.63, 3.8) is 0 Å². The minimum absolute atomic E-state index is 0.172. The molecule has 5 heteroatoms. The molecule has 3 rings (SSSR count). The maximum atomic E-state index is 4.85. The number of aromatic nitrogens is 3. The van der Waals surface area contributed by atoms with Crippen LogP contribution < -0.4 is 5.32 Å². The summed E-state index contributed by atoms with van der Waals surface area (Å²) in [6.45, 7) is 7.59. The van der Waals surface area contributed by atoms with Crippen molar-refractivity contribution < 1.29 is 0 Å². The van der Waals surface area contributed by atoms with Gasteiger partial charge in [0.15, 0.2) is 0 Å². The summed E-state index contributed by atoms with van der Waals surface area (Å²) in [4.78, 5) is 9.23. The average Bonchev–Trinajstić information content (AvgIpc) is 3.01. The first kappa shape index (κ1) is 14.7. The predicted molar refractivity (Wildman–Crippen MR) is 86.8 cm³/mol. The minimum Gasteiger partial charge on any atom is -0.330 e. The second-order valence-corrected chi connectivity index (χ2v) is 7.00. The molecular formula is C16H24N4S. The first-order valence-electron chi connectivity index (χ1n) is 7.91. The maximum Gasteiger partial charge on any atom is 0.116 e. The van der Waals surface area contributed by atoms with Crippen LogP contribution in [0.2, 0.25) is 0 Å². The van der Waals surface area contributed by atoms with Crippen molar-refractivity contribution in [2.75, 3.05) is 6.54 Å². The molecule has 0 radical (unpaired) electrons. The number of thiazole rings is 1. The topological polar surface area (TPSA) is 42.7 Å². The molecule has 114 valence electrons. The Balaban J connectivity index is 1.90. The molecule has 0 spiro atoms. The lowest BCUT2D eigenvalue weighted by atomic mass is 10.1. The molecule has 2 aromatic heterocycles. The molecule has 21 heavy (non-hydrogen) atoms. The number of hydrogen-bond donors (Lipinski definition) is 1. The molecule has 1 saturated carbocycles. The fourth-order valence-electron chi connectivity index (χ4n) is 2.50. The van der Waals surface area contributed by atoms with Gasteiger partial charge in [-0.05, 0) is 31.7 Å². The highest BCUT2D eigenvalue weighted by Crippen LogP contribution is 2.38. The van der Waals surface area contributed by atoms with Crippen LogP contribution in [0.4, 0.5) is 0 Å². The van der Waals surface area contributed by atoms with Crippen molar-refractivity contribution >= 4 is 11.3 Å². The summed E-state index contributed by atoms with van der Waals surface area (Å²) in [5.41, 5.74) is 2.45. The van der Waals surface area contributed by atoms with E-state index in [1.54, 1.807) is 11.3 Å². The number of nitrogens with zero attached hydrogens (tertiary/aromatic N) is 3. The van der Waals surface area contributed by atoms with Crippen LogP contribution in [0.25, 0.3) is 0 Å². The highest BCUT2D eigenvalue weighted by atomic mass is 32.1. The van der Waals surface area contributed by atoms with E-state index in [2.05, 4.69) is 41.0 Å². The Morgan fingerprint density at radius 1 is 1.43 bits per heavy atom. The molecule has 1 aliphatic rings. The molecule has 2 aromatic rings. The van der Waals surface area contributed by atoms with Crippen molar-refractivity contribution in [3.8, 4) is 0 Å². The minimum atomic E-state index is 0.172. The lowest BCUT2D eigenvalue weighted by Gasteiger charge is -2.18. The lowest BCUT2D eigenvalue weighted by molar-refractivity contribution is 0.548. The van der Waals surface area contributed by atoms with Gasteiger partial charge in [0.2, 0.25) is 0 Å². The second kappa shape index (κ2) is 6.28. The van der Waals surface area contributed by atoms with Gasteiger partial charge in [-0.1, -0.05) is 20.8 Å². The van der Waals surface area contributed by atoms with Crippen LogP contribution in [0.5, 0.6) is 0 Å². The van der Waals surface area contributed by atoms with Crippen LogP contribution in [0.3, 0.4) is 0 Å². The van der Waals surface area contributed by atoms with E-state index < -0.39 is 0 Å². The zero-order chi connectivity index (χ0) is 14.8. The molecule has 4 nitrogen and oxygen atoms in total. The summed E-state index contributed by atoms with van der Waals surface area (Å²) < 4.78 is 2.34. The van der Waals surface area contributed by atoms with Gasteiger partial charge in [-0.15, -0.1) is 11.3 Å². The fourth-order valence-corrected chi connectivity index (χ4v) is 3.57. The standard InChI is InChI=1S/C16H24N4S/c1-4-7-18-15(16-19-13(9-21-16)11(2)3)14-8-17-10-20(14)12-5-6-12/h8-12,15,18H,4-7H2,1-3H3. The number of imidazole rings is 1. The molecular weight excluding hydrogens is 280 g/mol. The van der Waals surface area contributed by atoms with Gasteiger partial charge in [0, 0.05) is 11.4 Å². The monoisotopic (exact) mass is 304 g/mol. The number of rotatable bonds is 7. The molecule has 2 heterocycles. The highest BCUT2D eigenvalue weighted by Gasteiger charge is 2.29. The normalized spacial score (nSPS) is 16.6. The van der Waals surface area contributed by atoms with E-state index >= 15 is 0 Å². The summed E-state index contributed by atoms with van der Waals surface area (Å²) in [7, 11) is 0. The van der Waals surface area contributed by atoms with Crippen LogP contribution in [-0.4, -0.2) is 21.1 Å². The first-order chi connectivity index (χ1) is 10.2. The van der Waals surface area contributed by atoms with Crippen molar-refractivity contribution in [2.45, 2.75) is 58.0 Å². The quantitative estimate of drug-likeness (QED) is 0.844. The molecule has 0 aliphatic heterocycles. The Labute approximate surface area is 130 Å². The smallest absolute Gasteiger partial charge is 0.116 e. The zero-order valence-corrected chi connectivity index (χ0v) is 13.9. The van der Waals surface area contributed by atoms with E-state index in [-0.39, 0.29) is 6.04 Å². The third kappa shape index (κ3) is 3.19. The van der Waals surface area contributed by atoms with Crippen molar-refractivity contribution in [2.24, 2.45) is 0 Å². The van der Waals surface area contributed by atoms with Gasteiger partial charge in [0.25, 0.3) is 0 Å². The van der Waals surface area contributed by atoms with Gasteiger partial charge in [-0.3, -0.25) is 0 Å². The molecule has 1 atom stereocenters. The van der Waals surface area contributed by atoms with E-state index in [0.717, 1.165) is 18.0 Å². The van der Waals surface area contributed by atoms with Gasteiger partial charge in [-0.2, -0.15) is 0 Å². The molecule has 1 N–H and O–H groups in total. The first-order valence-corrected chi connectivity index (χ1v) is 8.79. The Kier molecular flexibility index (Phi) is 4.40. The SMILES string of the molecule is CCCNC(c1nc(C(C)C)cs1)c1cncn1C1CC1. The number of hydrogen-bond acceptors (Lipinski definition) is 4. The molecule has 0 bridgehead atoms. The largest absolute Gasteiger partial charge is 0.330 e. The summed E-state index contributed by atoms with van der Waals surface area (Å²) in [6.07, 6.45) is 7.65. The summed E-state index contributed by atoms with van der Waals surface area (Å²) in [6, 6.07) is 0.823. The molecule has 1 aliphatic carbocycles. The van der Waals surface area contributed by atoms with Crippen LogP contribution in [-0.2, 0) is 0 Å². The third-order valence-electron chi connectivity index (χ3n) is 3.91. The highest BCUT2D eigenvalue weighted by molar-refractivity contribution is 7.09. The second-order valence-electron chi connectivity index (χ2n) is 6.11. The molecule has 0 saturated heterocycles.